The number of rotatable bonds is 2. The lowest BCUT2D eigenvalue weighted by molar-refractivity contribution is 0.241. The third-order valence-corrected chi connectivity index (χ3v) is 3.71. The molecule has 1 atom stereocenters. The minimum Gasteiger partial charge on any atom is -0.478 e. The lowest BCUT2D eigenvalue weighted by Gasteiger charge is -2.27. The van der Waals surface area contributed by atoms with E-state index < -0.39 is 17.7 Å². The predicted octanol–water partition coefficient (Wildman–Crippen LogP) is 5.23. The first-order valence-corrected chi connectivity index (χ1v) is 6.81. The fourth-order valence-corrected chi connectivity index (χ4v) is 2.62. The Kier molecular flexibility index (Phi) is 3.74. The topological polar surface area (TPSA) is 12.5 Å². The van der Waals surface area contributed by atoms with E-state index in [2.05, 4.69) is 0 Å². The van der Waals surface area contributed by atoms with Crippen LogP contribution in [0.3, 0.4) is 0 Å². The molecule has 0 fully saturated rings. The molecule has 0 aromatic heterocycles. The van der Waals surface area contributed by atoms with Crippen LogP contribution in [0.5, 0.6) is 5.75 Å². The Labute approximate surface area is 130 Å². The third-order valence-electron chi connectivity index (χ3n) is 3.08. The van der Waals surface area contributed by atoms with Crippen LogP contribution >= 0.6 is 23.4 Å². The molecule has 2 aromatic rings. The van der Waals surface area contributed by atoms with Crippen molar-refractivity contribution < 1.29 is 13.5 Å². The van der Waals surface area contributed by atoms with Crippen LogP contribution in [0.15, 0.2) is 48.7 Å². The summed E-state index contributed by atoms with van der Waals surface area (Å²) in [5, 5.41) is 0.454. The van der Waals surface area contributed by atoms with Crippen molar-refractivity contribution in [3.05, 3.63) is 70.9 Å². The highest BCUT2D eigenvalue weighted by atomic mass is 35.5. The van der Waals surface area contributed by atoms with Gasteiger partial charge in [0, 0.05) is 34.6 Å². The van der Waals surface area contributed by atoms with Gasteiger partial charge in [-0.2, -0.15) is 0 Å². The third kappa shape index (κ3) is 2.69. The number of ether oxygens (including phenoxy) is 1. The van der Waals surface area contributed by atoms with E-state index in [0.29, 0.717) is 16.3 Å². The van der Waals surface area contributed by atoms with Crippen molar-refractivity contribution in [1.82, 2.24) is 0 Å². The molecule has 3 rings (SSSR count). The number of hydrogen-bond acceptors (Lipinski definition) is 2. The Morgan fingerprint density at radius 3 is 2.71 bits per heavy atom. The van der Waals surface area contributed by atoms with Crippen molar-refractivity contribution >= 4 is 29.1 Å². The molecule has 1 aliphatic heterocycles. The van der Waals surface area contributed by atoms with Gasteiger partial charge in [-0.25, -0.2) is 8.78 Å². The van der Waals surface area contributed by atoms with E-state index >= 15 is 0 Å². The molecule has 0 saturated heterocycles. The quantitative estimate of drug-likeness (QED) is 0.700. The first kappa shape index (κ1) is 14.2. The molecular weight excluding hydrogens is 319 g/mol. The maximum Gasteiger partial charge on any atom is 0.168 e. The summed E-state index contributed by atoms with van der Waals surface area (Å²) in [6.45, 7) is 0. The SMILES string of the molecule is Fc1ccc(OC2C=CN(Cl)c3cccc(Cl)c32)c(F)c1. The molecule has 0 aliphatic carbocycles. The molecule has 2 aromatic carbocycles. The molecule has 0 N–H and O–H groups in total. The molecule has 0 saturated carbocycles. The van der Waals surface area contributed by atoms with Gasteiger partial charge in [-0.3, -0.25) is 4.42 Å². The van der Waals surface area contributed by atoms with Crippen molar-refractivity contribution in [2.24, 2.45) is 0 Å². The zero-order valence-corrected chi connectivity index (χ0v) is 12.1. The van der Waals surface area contributed by atoms with E-state index in [1.54, 1.807) is 30.5 Å². The molecule has 6 heteroatoms. The zero-order chi connectivity index (χ0) is 15.0. The molecule has 1 unspecified atom stereocenters. The number of nitrogens with zero attached hydrogens (tertiary/aromatic N) is 1. The second kappa shape index (κ2) is 5.54. The summed E-state index contributed by atoms with van der Waals surface area (Å²) < 4.78 is 33.6. The maximum absolute atomic E-state index is 13.7. The van der Waals surface area contributed by atoms with Crippen molar-refractivity contribution in [3.63, 3.8) is 0 Å². The number of fused-ring (bicyclic) bond motifs is 1. The summed E-state index contributed by atoms with van der Waals surface area (Å²) in [6.07, 6.45) is 2.62. The molecule has 0 spiro atoms. The van der Waals surface area contributed by atoms with Crippen LogP contribution < -0.4 is 9.16 Å². The van der Waals surface area contributed by atoms with Crippen LogP contribution in [0.1, 0.15) is 11.7 Å². The normalized spacial score (nSPS) is 16.8. The minimum absolute atomic E-state index is 0.0556. The van der Waals surface area contributed by atoms with Gasteiger partial charge in [0.15, 0.2) is 11.6 Å². The first-order valence-electron chi connectivity index (χ1n) is 6.10. The van der Waals surface area contributed by atoms with Gasteiger partial charge in [0.25, 0.3) is 0 Å². The maximum atomic E-state index is 13.7. The molecule has 0 bridgehead atoms. The second-order valence-electron chi connectivity index (χ2n) is 4.44. The van der Waals surface area contributed by atoms with Gasteiger partial charge in [-0.1, -0.05) is 17.7 Å². The van der Waals surface area contributed by atoms with Crippen molar-refractivity contribution in [1.29, 1.82) is 0 Å². The van der Waals surface area contributed by atoms with E-state index in [4.69, 9.17) is 28.1 Å². The summed E-state index contributed by atoms with van der Waals surface area (Å²) in [4.78, 5) is 0. The Morgan fingerprint density at radius 2 is 1.95 bits per heavy atom. The summed E-state index contributed by atoms with van der Waals surface area (Å²) in [5.41, 5.74) is 1.28. The molecule has 2 nitrogen and oxygen atoms in total. The van der Waals surface area contributed by atoms with Crippen molar-refractivity contribution in [2.75, 3.05) is 4.42 Å². The average Bonchev–Trinajstić information content (AvgIpc) is 2.45. The van der Waals surface area contributed by atoms with Gasteiger partial charge in [0.1, 0.15) is 11.9 Å². The fraction of sp³-hybridized carbons (Fsp3) is 0.0667. The van der Waals surface area contributed by atoms with Crippen molar-refractivity contribution in [3.8, 4) is 5.75 Å². The minimum atomic E-state index is -0.773. The van der Waals surface area contributed by atoms with E-state index in [1.165, 1.54) is 10.5 Å². The summed E-state index contributed by atoms with van der Waals surface area (Å²) in [6, 6.07) is 8.36. The van der Waals surface area contributed by atoms with Gasteiger partial charge < -0.3 is 4.74 Å². The molecule has 1 aliphatic rings. The fourth-order valence-electron chi connectivity index (χ4n) is 2.13. The van der Waals surface area contributed by atoms with Crippen LogP contribution in [-0.4, -0.2) is 0 Å². The first-order chi connectivity index (χ1) is 10.1. The average molecular weight is 328 g/mol. The lowest BCUT2D eigenvalue weighted by Crippen LogP contribution is -2.17. The summed E-state index contributed by atoms with van der Waals surface area (Å²) in [7, 11) is 0. The zero-order valence-electron chi connectivity index (χ0n) is 10.6. The van der Waals surface area contributed by atoms with Crippen molar-refractivity contribution in [2.45, 2.75) is 6.10 Å². The molecule has 1 heterocycles. The van der Waals surface area contributed by atoms with E-state index in [-0.39, 0.29) is 5.75 Å². The Bertz CT molecular complexity index is 721. The standard InChI is InChI=1S/C15H9Cl2F2NO/c16-10-2-1-3-12-15(10)14(6-7-20(12)17)21-13-5-4-9(18)8-11(13)19/h1-8,14H. The lowest BCUT2D eigenvalue weighted by atomic mass is 10.0. The Morgan fingerprint density at radius 1 is 1.14 bits per heavy atom. The van der Waals surface area contributed by atoms with Crippen LogP contribution in [0, 0.1) is 11.6 Å². The second-order valence-corrected chi connectivity index (χ2v) is 5.21. The predicted molar refractivity (Wildman–Crippen MR) is 78.7 cm³/mol. The highest BCUT2D eigenvalue weighted by Gasteiger charge is 2.25. The van der Waals surface area contributed by atoms with Crippen LogP contribution in [-0.2, 0) is 0 Å². The highest BCUT2D eigenvalue weighted by molar-refractivity contribution is 6.33. The molecule has 21 heavy (non-hydrogen) atoms. The smallest absolute Gasteiger partial charge is 0.168 e. The van der Waals surface area contributed by atoms with Gasteiger partial charge in [-0.05, 0) is 30.3 Å². The monoisotopic (exact) mass is 327 g/mol. The Hall–Kier alpha value is -1.78. The van der Waals surface area contributed by atoms with E-state index in [9.17, 15) is 8.78 Å². The van der Waals surface area contributed by atoms with Crippen LogP contribution in [0.2, 0.25) is 5.02 Å². The molecule has 0 amide bonds. The van der Waals surface area contributed by atoms with E-state index in [1.807, 2.05) is 0 Å². The van der Waals surface area contributed by atoms with Gasteiger partial charge in [0.05, 0.1) is 5.69 Å². The summed E-state index contributed by atoms with van der Waals surface area (Å²) >= 11 is 12.2. The Balaban J connectivity index is 1.99. The van der Waals surface area contributed by atoms with Crippen LogP contribution in [0.25, 0.3) is 0 Å². The number of benzene rings is 2. The molecule has 108 valence electrons. The molecule has 0 radical (unpaired) electrons. The van der Waals surface area contributed by atoms with E-state index in [0.717, 1.165) is 12.1 Å². The van der Waals surface area contributed by atoms with Gasteiger partial charge >= 0.3 is 0 Å². The number of anilines is 1. The van der Waals surface area contributed by atoms with Crippen LogP contribution in [0.4, 0.5) is 14.5 Å². The molecular formula is C15H9Cl2F2NO. The van der Waals surface area contributed by atoms with Gasteiger partial charge in [0.2, 0.25) is 0 Å². The summed E-state index contributed by atoms with van der Waals surface area (Å²) in [5.74, 6) is -1.49. The van der Waals surface area contributed by atoms with Gasteiger partial charge in [-0.15, -0.1) is 0 Å². The largest absolute Gasteiger partial charge is 0.478 e. The number of hydrogen-bond donors (Lipinski definition) is 0. The highest BCUT2D eigenvalue weighted by Crippen LogP contribution is 2.40. The number of halogens is 4.